The minimum Gasteiger partial charge on any atom is -0.394 e. The zero-order valence-electron chi connectivity index (χ0n) is 21.2. The van der Waals surface area contributed by atoms with Crippen molar-refractivity contribution in [3.05, 3.63) is 48.6 Å². The zero-order chi connectivity index (χ0) is 27.5. The molecule has 11 nitrogen and oxygen atoms in total. The van der Waals surface area contributed by atoms with E-state index in [1.807, 2.05) is 0 Å². The quantitative estimate of drug-likeness (QED) is 0.105. The molecule has 2 aliphatic rings. The van der Waals surface area contributed by atoms with E-state index in [0.29, 0.717) is 13.2 Å². The lowest BCUT2D eigenvalue weighted by molar-refractivity contribution is -0.236. The molecule has 0 saturated carbocycles. The van der Waals surface area contributed by atoms with Gasteiger partial charge in [-0.3, -0.25) is 0 Å². The maximum Gasteiger partial charge on any atom is 0.111 e. The van der Waals surface area contributed by atoms with Crippen molar-refractivity contribution >= 4 is 0 Å². The minimum atomic E-state index is -1.39. The molecule has 0 bridgehead atoms. The van der Waals surface area contributed by atoms with Crippen LogP contribution in [0.2, 0.25) is 0 Å². The first-order chi connectivity index (χ1) is 17.6. The number of hydrogen-bond donors (Lipinski definition) is 8. The van der Waals surface area contributed by atoms with Gasteiger partial charge in [0.15, 0.2) is 0 Å². The summed E-state index contributed by atoms with van der Waals surface area (Å²) in [6, 6.07) is 0. The first-order valence-corrected chi connectivity index (χ1v) is 12.5. The van der Waals surface area contributed by atoms with Gasteiger partial charge in [0.05, 0.1) is 38.6 Å². The van der Waals surface area contributed by atoms with Crippen molar-refractivity contribution in [3.8, 4) is 0 Å². The van der Waals surface area contributed by atoms with Crippen molar-refractivity contribution < 1.29 is 55.1 Å². The molecule has 37 heavy (non-hydrogen) atoms. The van der Waals surface area contributed by atoms with Gasteiger partial charge >= 0.3 is 0 Å². The van der Waals surface area contributed by atoms with E-state index in [0.717, 1.165) is 0 Å². The van der Waals surface area contributed by atoms with Crippen LogP contribution in [0.5, 0.6) is 0 Å². The van der Waals surface area contributed by atoms with E-state index in [2.05, 4.69) is 0 Å². The van der Waals surface area contributed by atoms with Crippen LogP contribution in [0, 0.1) is 11.8 Å². The molecule has 212 valence electrons. The molecule has 0 amide bonds. The summed E-state index contributed by atoms with van der Waals surface area (Å²) in [7, 11) is 0. The van der Waals surface area contributed by atoms with Crippen LogP contribution in [0.25, 0.3) is 0 Å². The monoisotopic (exact) mass is 530 g/mol. The van der Waals surface area contributed by atoms with Crippen LogP contribution in [0.4, 0.5) is 0 Å². The second-order valence-corrected chi connectivity index (χ2v) is 9.47. The SMILES string of the molecule is CC(C=CC=CCOCC=CC=CC(C)C1O[C@H](CO)[C@@H](O)[C@H](O)[C@H]1O)C1O[C@H](CO)[C@@H](O)[C@H](O)[C@H]1O. The maximum absolute atomic E-state index is 10.2. The highest BCUT2D eigenvalue weighted by Gasteiger charge is 2.45. The Bertz CT molecular complexity index is 704. The second-order valence-electron chi connectivity index (χ2n) is 9.47. The molecule has 0 aromatic heterocycles. The topological polar surface area (TPSA) is 190 Å². The van der Waals surface area contributed by atoms with Gasteiger partial charge in [-0.25, -0.2) is 0 Å². The average molecular weight is 531 g/mol. The van der Waals surface area contributed by atoms with Crippen molar-refractivity contribution in [3.63, 3.8) is 0 Å². The molecule has 8 N–H and O–H groups in total. The Morgan fingerprint density at radius 1 is 0.595 bits per heavy atom. The van der Waals surface area contributed by atoms with E-state index in [-0.39, 0.29) is 11.8 Å². The molecule has 2 fully saturated rings. The van der Waals surface area contributed by atoms with Gasteiger partial charge in [0.2, 0.25) is 0 Å². The molecular weight excluding hydrogens is 488 g/mol. The van der Waals surface area contributed by atoms with E-state index in [4.69, 9.17) is 14.2 Å². The van der Waals surface area contributed by atoms with Crippen LogP contribution in [0.1, 0.15) is 13.8 Å². The van der Waals surface area contributed by atoms with Crippen LogP contribution in [-0.2, 0) is 14.2 Å². The minimum absolute atomic E-state index is 0.281. The predicted molar refractivity (Wildman–Crippen MR) is 133 cm³/mol. The van der Waals surface area contributed by atoms with Crippen LogP contribution in [0.3, 0.4) is 0 Å². The normalized spacial score (nSPS) is 39.3. The molecule has 12 atom stereocenters. The van der Waals surface area contributed by atoms with Crippen LogP contribution >= 0.6 is 0 Å². The van der Waals surface area contributed by atoms with Crippen LogP contribution < -0.4 is 0 Å². The van der Waals surface area contributed by atoms with Crippen molar-refractivity contribution in [2.45, 2.75) is 74.9 Å². The number of aliphatic hydroxyl groups is 8. The van der Waals surface area contributed by atoms with Crippen molar-refractivity contribution in [1.29, 1.82) is 0 Å². The number of hydrogen-bond acceptors (Lipinski definition) is 11. The summed E-state index contributed by atoms with van der Waals surface area (Å²) in [6.07, 6.45) is 2.74. The molecule has 2 rings (SSSR count). The van der Waals surface area contributed by atoms with Gasteiger partial charge in [-0.05, 0) is 0 Å². The summed E-state index contributed by atoms with van der Waals surface area (Å²) in [5, 5.41) is 78.4. The number of ether oxygens (including phenoxy) is 3. The van der Waals surface area contributed by atoms with Crippen molar-refractivity contribution in [1.82, 2.24) is 0 Å². The lowest BCUT2D eigenvalue weighted by Crippen LogP contribution is -2.59. The van der Waals surface area contributed by atoms with E-state index >= 15 is 0 Å². The fourth-order valence-corrected chi connectivity index (χ4v) is 4.30. The van der Waals surface area contributed by atoms with Crippen LogP contribution in [-0.4, -0.2) is 128 Å². The van der Waals surface area contributed by atoms with Crippen molar-refractivity contribution in [2.24, 2.45) is 11.8 Å². The second kappa shape index (κ2) is 15.8. The summed E-state index contributed by atoms with van der Waals surface area (Å²) in [6.45, 7) is 3.38. The number of aliphatic hydroxyl groups excluding tert-OH is 8. The number of rotatable bonds is 12. The van der Waals surface area contributed by atoms with E-state index in [9.17, 15) is 40.9 Å². The number of allylic oxidation sites excluding steroid dienone is 4. The van der Waals surface area contributed by atoms with Gasteiger partial charge in [0.1, 0.15) is 48.8 Å². The maximum atomic E-state index is 10.2. The Balaban J connectivity index is 1.68. The molecule has 0 spiro atoms. The lowest BCUT2D eigenvalue weighted by atomic mass is 9.88. The molecule has 11 heteroatoms. The molecular formula is C26H42O11. The average Bonchev–Trinajstić information content (AvgIpc) is 2.89. The van der Waals surface area contributed by atoms with Gasteiger partial charge < -0.3 is 55.1 Å². The summed E-state index contributed by atoms with van der Waals surface area (Å²) in [5.41, 5.74) is 0. The lowest BCUT2D eigenvalue weighted by Gasteiger charge is -2.41. The van der Waals surface area contributed by atoms with E-state index < -0.39 is 74.3 Å². The van der Waals surface area contributed by atoms with E-state index in [1.165, 1.54) is 0 Å². The molecule has 4 unspecified atom stereocenters. The van der Waals surface area contributed by atoms with Crippen molar-refractivity contribution in [2.75, 3.05) is 26.4 Å². The molecule has 2 heterocycles. The third kappa shape index (κ3) is 8.77. The molecule has 2 aliphatic heterocycles. The largest absolute Gasteiger partial charge is 0.394 e. The third-order valence-electron chi connectivity index (χ3n) is 6.65. The summed E-state index contributed by atoms with van der Waals surface area (Å²) >= 11 is 0. The molecule has 0 aromatic carbocycles. The fraction of sp³-hybridized carbons (Fsp3) is 0.692. The Morgan fingerprint density at radius 2 is 0.973 bits per heavy atom. The first kappa shape index (κ1) is 31.7. The van der Waals surface area contributed by atoms with E-state index in [1.54, 1.807) is 62.5 Å². The Kier molecular flexibility index (Phi) is 13.6. The van der Waals surface area contributed by atoms with Gasteiger partial charge in [0.25, 0.3) is 0 Å². The summed E-state index contributed by atoms with van der Waals surface area (Å²) in [5.74, 6) is -0.561. The molecule has 2 saturated heterocycles. The molecule has 0 aromatic rings. The van der Waals surface area contributed by atoms with Gasteiger partial charge in [0, 0.05) is 11.8 Å². The highest BCUT2D eigenvalue weighted by molar-refractivity contribution is 5.08. The summed E-state index contributed by atoms with van der Waals surface area (Å²) in [4.78, 5) is 0. The Morgan fingerprint density at radius 3 is 1.32 bits per heavy atom. The third-order valence-corrected chi connectivity index (χ3v) is 6.65. The van der Waals surface area contributed by atoms with Gasteiger partial charge in [-0.15, -0.1) is 0 Å². The first-order valence-electron chi connectivity index (χ1n) is 12.5. The van der Waals surface area contributed by atoms with Crippen LogP contribution in [0.15, 0.2) is 48.6 Å². The van der Waals surface area contributed by atoms with Gasteiger partial charge in [-0.2, -0.15) is 0 Å². The van der Waals surface area contributed by atoms with Gasteiger partial charge in [-0.1, -0.05) is 62.5 Å². The standard InChI is InChI=1S/C26H42O11/c1-15(25-23(33)21(31)19(29)17(13-27)36-25)9-5-3-7-11-35-12-8-4-6-10-16(2)26-24(34)22(32)20(30)18(14-28)37-26/h3-10,15-34H,11-14H2,1-2H3/t15?,16?,17-,18-,19-,20-,21+,22+,23-,24-,25?,26?/m1/s1. The fourth-order valence-electron chi connectivity index (χ4n) is 4.30. The smallest absolute Gasteiger partial charge is 0.111 e. The molecule has 0 radical (unpaired) electrons. The highest BCUT2D eigenvalue weighted by atomic mass is 16.6. The zero-order valence-corrected chi connectivity index (χ0v) is 21.2. The Labute approximate surface area is 217 Å². The molecule has 0 aliphatic carbocycles. The predicted octanol–water partition coefficient (Wildman–Crippen LogP) is -1.82. The Hall–Kier alpha value is -1.48. The summed E-state index contributed by atoms with van der Waals surface area (Å²) < 4.78 is 16.5. The highest BCUT2D eigenvalue weighted by Crippen LogP contribution is 2.27.